The number of unbranched alkanes of at least 4 members (excludes halogenated alkanes) is 1. The number of rotatable bonds is 6. The molecule has 3 fully saturated rings. The molecule has 0 radical (unpaired) electrons. The number of aliphatic hydroxyl groups excluding tert-OH is 1. The number of methoxy groups -OCH3 is 1. The van der Waals surface area contributed by atoms with Crippen molar-refractivity contribution in [2.45, 2.75) is 90.3 Å². The minimum absolute atomic E-state index is 0.129. The van der Waals surface area contributed by atoms with Crippen molar-refractivity contribution in [1.29, 1.82) is 0 Å². The Labute approximate surface area is 223 Å². The molecule has 1 N–H and O–H groups in total. The van der Waals surface area contributed by atoms with Crippen LogP contribution >= 0.6 is 0 Å². The Balaban J connectivity index is 2.01. The summed E-state index contributed by atoms with van der Waals surface area (Å²) in [6.07, 6.45) is -1.49. The third kappa shape index (κ3) is 5.01. The highest BCUT2D eigenvalue weighted by Gasteiger charge is 2.78. The third-order valence-electron chi connectivity index (χ3n) is 8.93. The summed E-state index contributed by atoms with van der Waals surface area (Å²) in [6.45, 7) is 10.4. The van der Waals surface area contributed by atoms with Crippen molar-refractivity contribution in [1.82, 2.24) is 4.90 Å². The Morgan fingerprint density at radius 1 is 1.11 bits per heavy atom. The lowest BCUT2D eigenvalue weighted by molar-refractivity contribution is -0.162. The van der Waals surface area contributed by atoms with Gasteiger partial charge in [-0.3, -0.25) is 14.4 Å². The minimum atomic E-state index is -1.27. The van der Waals surface area contributed by atoms with E-state index in [9.17, 15) is 24.3 Å². The number of carbonyl (C=O) groups is 4. The molecule has 1 spiro atoms. The number of hydrogen-bond donors (Lipinski definition) is 1. The smallest absolute Gasteiger partial charge is 0.410 e. The first kappa shape index (κ1) is 29.9. The Morgan fingerprint density at radius 2 is 1.76 bits per heavy atom. The molecule has 0 aromatic rings. The van der Waals surface area contributed by atoms with Gasteiger partial charge in [0.05, 0.1) is 17.7 Å². The molecule has 0 bridgehead atoms. The van der Waals surface area contributed by atoms with E-state index in [1.54, 1.807) is 27.7 Å². The maximum atomic E-state index is 13.8. The minimum Gasteiger partial charge on any atom is -0.457 e. The number of carbonyl (C=O) groups excluding carboxylic acids is 4. The third-order valence-corrected chi connectivity index (χ3v) is 8.93. The zero-order valence-corrected chi connectivity index (χ0v) is 23.2. The van der Waals surface area contributed by atoms with Gasteiger partial charge in [0.15, 0.2) is 17.5 Å². The Morgan fingerprint density at radius 3 is 2.37 bits per heavy atom. The van der Waals surface area contributed by atoms with E-state index < -0.39 is 71.0 Å². The summed E-state index contributed by atoms with van der Waals surface area (Å²) in [5.41, 5.74) is 6.05. The molecule has 0 aromatic heterocycles. The van der Waals surface area contributed by atoms with Crippen LogP contribution in [0.1, 0.15) is 60.8 Å². The zero-order chi connectivity index (χ0) is 28.6. The summed E-state index contributed by atoms with van der Waals surface area (Å²) >= 11 is 0. The quantitative estimate of drug-likeness (QED) is 0.135. The lowest BCUT2D eigenvalue weighted by Crippen LogP contribution is -2.52. The van der Waals surface area contributed by atoms with Gasteiger partial charge >= 0.3 is 12.1 Å². The van der Waals surface area contributed by atoms with Gasteiger partial charge in [-0.15, -0.1) is 0 Å². The van der Waals surface area contributed by atoms with Crippen LogP contribution in [-0.2, 0) is 28.6 Å². The Bertz CT molecular complexity index is 1020. The molecule has 1 aliphatic carbocycles. The molecule has 2 heterocycles. The predicted molar refractivity (Wildman–Crippen MR) is 135 cm³/mol. The van der Waals surface area contributed by atoms with Gasteiger partial charge < -0.3 is 24.2 Å². The van der Waals surface area contributed by atoms with E-state index in [4.69, 9.17) is 19.7 Å². The molecular formula is C26H40N4O8. The van der Waals surface area contributed by atoms with Gasteiger partial charge in [-0.05, 0) is 38.6 Å². The molecule has 3 rings (SSSR count). The Hall–Kier alpha value is -2.69. The molecule has 212 valence electrons. The molecule has 12 nitrogen and oxygen atoms in total. The van der Waals surface area contributed by atoms with Crippen LogP contribution in [0.4, 0.5) is 4.79 Å². The molecule has 1 saturated carbocycles. The second-order valence-electron chi connectivity index (χ2n) is 11.3. The normalized spacial score (nSPS) is 41.8. The molecule has 3 aliphatic rings. The number of ketones is 2. The van der Waals surface area contributed by atoms with E-state index in [-0.39, 0.29) is 31.2 Å². The van der Waals surface area contributed by atoms with Crippen molar-refractivity contribution < 1.29 is 38.5 Å². The number of esters is 1. The van der Waals surface area contributed by atoms with E-state index in [0.717, 1.165) is 0 Å². The van der Waals surface area contributed by atoms with Gasteiger partial charge in [-0.1, -0.05) is 32.8 Å². The van der Waals surface area contributed by atoms with E-state index in [2.05, 4.69) is 10.0 Å². The van der Waals surface area contributed by atoms with Crippen molar-refractivity contribution in [3.05, 3.63) is 10.4 Å². The summed E-state index contributed by atoms with van der Waals surface area (Å²) in [5, 5.41) is 14.6. The van der Waals surface area contributed by atoms with Crippen LogP contribution in [0, 0.1) is 29.6 Å². The lowest BCUT2D eigenvalue weighted by atomic mass is 9.75. The van der Waals surface area contributed by atoms with Gasteiger partial charge in [0.25, 0.3) is 0 Å². The van der Waals surface area contributed by atoms with Crippen LogP contribution in [0.2, 0.25) is 0 Å². The van der Waals surface area contributed by atoms with E-state index in [1.807, 2.05) is 0 Å². The van der Waals surface area contributed by atoms with Crippen LogP contribution in [-0.4, -0.2) is 83.3 Å². The SMILES string of the molecule is CO[C@@]1(C)C[C@@H](C)C(=O)C(C)[C@H]2N(CCCCN=[N+]=[N-])C(=O)OC23C(OC(=O)C(C)C(=O)C(C)[C@H]1O)[C@@H]3C. The first-order valence-corrected chi connectivity index (χ1v) is 13.3. The Kier molecular flexibility index (Phi) is 8.80. The number of amides is 1. The fourth-order valence-corrected chi connectivity index (χ4v) is 6.39. The highest BCUT2D eigenvalue weighted by atomic mass is 16.6. The van der Waals surface area contributed by atoms with Crippen molar-refractivity contribution in [2.75, 3.05) is 20.2 Å². The van der Waals surface area contributed by atoms with Crippen LogP contribution in [0.5, 0.6) is 0 Å². The zero-order valence-electron chi connectivity index (χ0n) is 23.2. The first-order valence-electron chi connectivity index (χ1n) is 13.3. The van der Waals surface area contributed by atoms with Crippen molar-refractivity contribution in [3.8, 4) is 0 Å². The van der Waals surface area contributed by atoms with E-state index in [0.29, 0.717) is 12.8 Å². The van der Waals surface area contributed by atoms with Gasteiger partial charge in [-0.2, -0.15) is 0 Å². The average molecular weight is 537 g/mol. The molecule has 0 aromatic carbocycles. The maximum absolute atomic E-state index is 13.8. The van der Waals surface area contributed by atoms with E-state index >= 15 is 0 Å². The fourth-order valence-electron chi connectivity index (χ4n) is 6.39. The number of hydrogen-bond acceptors (Lipinski definition) is 9. The molecule has 2 aliphatic heterocycles. The summed E-state index contributed by atoms with van der Waals surface area (Å²) in [7, 11) is 1.41. The van der Waals surface area contributed by atoms with Gasteiger partial charge in [0.1, 0.15) is 11.7 Å². The van der Waals surface area contributed by atoms with Crippen molar-refractivity contribution in [3.63, 3.8) is 0 Å². The molecule has 10 atom stereocenters. The summed E-state index contributed by atoms with van der Waals surface area (Å²) in [4.78, 5) is 57.4. The highest BCUT2D eigenvalue weighted by Crippen LogP contribution is 2.58. The molecule has 38 heavy (non-hydrogen) atoms. The van der Waals surface area contributed by atoms with E-state index in [1.165, 1.54) is 25.9 Å². The first-order chi connectivity index (χ1) is 17.8. The molecule has 5 unspecified atom stereocenters. The number of Topliss-reactive ketones (excluding diaryl/α,β-unsaturated/α-hetero) is 2. The molecule has 1 amide bonds. The number of ether oxygens (including phenoxy) is 3. The predicted octanol–water partition coefficient (Wildman–Crippen LogP) is 3.05. The monoisotopic (exact) mass is 536 g/mol. The largest absolute Gasteiger partial charge is 0.457 e. The molecular weight excluding hydrogens is 496 g/mol. The van der Waals surface area contributed by atoms with Crippen LogP contribution < -0.4 is 0 Å². The summed E-state index contributed by atoms with van der Waals surface area (Å²) in [5.74, 6) is -5.19. The summed E-state index contributed by atoms with van der Waals surface area (Å²) < 4.78 is 17.3. The second kappa shape index (κ2) is 11.2. The number of nitrogens with zero attached hydrogens (tertiary/aromatic N) is 4. The van der Waals surface area contributed by atoms with Crippen LogP contribution in [0.3, 0.4) is 0 Å². The fraction of sp³-hybridized carbons (Fsp3) is 0.846. The lowest BCUT2D eigenvalue weighted by Gasteiger charge is -2.39. The topological polar surface area (TPSA) is 168 Å². The van der Waals surface area contributed by atoms with Crippen molar-refractivity contribution >= 4 is 23.6 Å². The standard InChI is InChI=1S/C26H40N4O8/c1-13-12-25(6,36-7)21(33)15(3)19(32)16(4)23(34)37-22-17(5)26(22)20(14(2)18(13)31)30(24(35)38-26)11-9-8-10-28-29-27/h13-17,20-22,33H,8-12H2,1-7H3/t13-,14?,15?,16?,17+,20-,21-,22?,25+,26?/m1/s1. The number of aliphatic hydroxyl groups is 1. The average Bonchev–Trinajstić information content (AvgIpc) is 3.29. The highest BCUT2D eigenvalue weighted by molar-refractivity contribution is 6.00. The van der Waals surface area contributed by atoms with Crippen LogP contribution in [0.15, 0.2) is 5.11 Å². The molecule has 2 saturated heterocycles. The maximum Gasteiger partial charge on any atom is 0.410 e. The number of azide groups is 1. The van der Waals surface area contributed by atoms with Crippen molar-refractivity contribution in [2.24, 2.45) is 34.7 Å². The van der Waals surface area contributed by atoms with Gasteiger partial charge in [0.2, 0.25) is 0 Å². The van der Waals surface area contributed by atoms with Gasteiger partial charge in [0, 0.05) is 48.8 Å². The van der Waals surface area contributed by atoms with Crippen LogP contribution in [0.25, 0.3) is 10.4 Å². The summed E-state index contributed by atoms with van der Waals surface area (Å²) in [6, 6.07) is -0.705. The second-order valence-corrected chi connectivity index (χ2v) is 11.3. The van der Waals surface area contributed by atoms with Gasteiger partial charge in [-0.25, -0.2) is 4.79 Å². The molecule has 12 heteroatoms.